The lowest BCUT2D eigenvalue weighted by atomic mass is 10.1. The van der Waals surface area contributed by atoms with Crippen LogP contribution in [0.2, 0.25) is 0 Å². The molecule has 0 atom stereocenters. The van der Waals surface area contributed by atoms with Crippen molar-refractivity contribution in [1.82, 2.24) is 15.0 Å². The van der Waals surface area contributed by atoms with Crippen LogP contribution in [0.3, 0.4) is 0 Å². The maximum Gasteiger partial charge on any atom is 0.534 e. The standard InChI is InChI=1S/C18H15F3N4O4S/c19-18(20,21)30(26,27)29-17-13-2-1-5-22-15(13)10-14(24-17)12-3-4-16(23-11-12)25-6-8-28-9-7-25/h1-5,10-11H,6-9H2. The monoisotopic (exact) mass is 440 g/mol. The minimum atomic E-state index is -5.89. The molecule has 1 aliphatic rings. The normalized spacial score (nSPS) is 15.4. The number of pyridine rings is 3. The van der Waals surface area contributed by atoms with Crippen LogP contribution >= 0.6 is 0 Å². The smallest absolute Gasteiger partial charge is 0.378 e. The van der Waals surface area contributed by atoms with Crippen molar-refractivity contribution in [2.75, 3.05) is 31.2 Å². The highest BCUT2D eigenvalue weighted by molar-refractivity contribution is 7.88. The van der Waals surface area contributed by atoms with Crippen molar-refractivity contribution < 1.29 is 30.5 Å². The number of halogens is 3. The molecule has 0 bridgehead atoms. The van der Waals surface area contributed by atoms with E-state index >= 15 is 0 Å². The lowest BCUT2D eigenvalue weighted by molar-refractivity contribution is -0.0500. The van der Waals surface area contributed by atoms with E-state index in [-0.39, 0.29) is 16.6 Å². The Morgan fingerprint density at radius 2 is 1.87 bits per heavy atom. The van der Waals surface area contributed by atoms with Crippen molar-refractivity contribution in [3.8, 4) is 17.1 Å². The van der Waals surface area contributed by atoms with Gasteiger partial charge in [-0.3, -0.25) is 4.98 Å². The molecule has 0 saturated carbocycles. The van der Waals surface area contributed by atoms with Crippen molar-refractivity contribution in [1.29, 1.82) is 0 Å². The molecule has 30 heavy (non-hydrogen) atoms. The summed E-state index contributed by atoms with van der Waals surface area (Å²) in [7, 11) is -5.89. The van der Waals surface area contributed by atoms with Gasteiger partial charge in [-0.2, -0.15) is 21.6 Å². The third kappa shape index (κ3) is 4.00. The summed E-state index contributed by atoms with van der Waals surface area (Å²) in [4.78, 5) is 14.5. The van der Waals surface area contributed by atoms with Gasteiger partial charge in [-0.25, -0.2) is 9.97 Å². The molecule has 12 heteroatoms. The number of fused-ring (bicyclic) bond motifs is 1. The van der Waals surface area contributed by atoms with Crippen LogP contribution in [0.15, 0.2) is 42.7 Å². The van der Waals surface area contributed by atoms with Crippen LogP contribution in [0.25, 0.3) is 22.2 Å². The Labute approximate surface area is 169 Å². The minimum Gasteiger partial charge on any atom is -0.378 e. The van der Waals surface area contributed by atoms with Crippen LogP contribution in [0.5, 0.6) is 5.88 Å². The molecule has 0 aliphatic carbocycles. The van der Waals surface area contributed by atoms with Gasteiger partial charge in [-0.1, -0.05) is 0 Å². The van der Waals surface area contributed by atoms with Gasteiger partial charge in [-0.15, -0.1) is 0 Å². The summed E-state index contributed by atoms with van der Waals surface area (Å²) in [5.41, 5.74) is -4.71. The predicted molar refractivity (Wildman–Crippen MR) is 101 cm³/mol. The van der Waals surface area contributed by atoms with Gasteiger partial charge < -0.3 is 13.8 Å². The van der Waals surface area contributed by atoms with Crippen molar-refractivity contribution in [2.24, 2.45) is 0 Å². The Kier molecular flexibility index (Phi) is 5.20. The Balaban J connectivity index is 1.73. The van der Waals surface area contributed by atoms with E-state index in [9.17, 15) is 21.6 Å². The van der Waals surface area contributed by atoms with E-state index in [0.29, 0.717) is 31.9 Å². The Morgan fingerprint density at radius 3 is 2.53 bits per heavy atom. The van der Waals surface area contributed by atoms with Gasteiger partial charge in [0.05, 0.1) is 29.8 Å². The molecular weight excluding hydrogens is 425 g/mol. The van der Waals surface area contributed by atoms with E-state index < -0.39 is 21.5 Å². The summed E-state index contributed by atoms with van der Waals surface area (Å²) in [6, 6.07) is 7.78. The van der Waals surface area contributed by atoms with Gasteiger partial charge in [-0.05, 0) is 30.3 Å². The molecule has 1 fully saturated rings. The van der Waals surface area contributed by atoms with Crippen molar-refractivity contribution >= 4 is 26.8 Å². The average molecular weight is 440 g/mol. The molecule has 0 N–H and O–H groups in total. The molecule has 4 heterocycles. The van der Waals surface area contributed by atoms with Crippen LogP contribution in [0.1, 0.15) is 0 Å². The van der Waals surface area contributed by atoms with E-state index in [1.165, 1.54) is 30.6 Å². The van der Waals surface area contributed by atoms with Crippen LogP contribution in [-0.4, -0.2) is 55.2 Å². The molecule has 4 rings (SSSR count). The molecule has 3 aromatic heterocycles. The van der Waals surface area contributed by atoms with Crippen LogP contribution in [-0.2, 0) is 14.9 Å². The first-order valence-corrected chi connectivity index (χ1v) is 10.2. The third-order valence-corrected chi connectivity index (χ3v) is 5.36. The van der Waals surface area contributed by atoms with Crippen LogP contribution in [0, 0.1) is 0 Å². The predicted octanol–water partition coefficient (Wildman–Crippen LogP) is 2.76. The maximum absolute atomic E-state index is 12.8. The highest BCUT2D eigenvalue weighted by Crippen LogP contribution is 2.32. The summed E-state index contributed by atoms with van der Waals surface area (Å²) in [5.74, 6) is 0.0160. The molecule has 158 valence electrons. The molecule has 0 amide bonds. The van der Waals surface area contributed by atoms with E-state index in [2.05, 4.69) is 19.1 Å². The first kappa shape index (κ1) is 20.3. The molecular formula is C18H15F3N4O4S. The topological polar surface area (TPSA) is 94.5 Å². The van der Waals surface area contributed by atoms with Gasteiger partial charge in [0.1, 0.15) is 5.82 Å². The molecule has 1 aliphatic heterocycles. The summed E-state index contributed by atoms with van der Waals surface area (Å²) >= 11 is 0. The van der Waals surface area contributed by atoms with Gasteiger partial charge in [0.15, 0.2) is 0 Å². The van der Waals surface area contributed by atoms with Crippen molar-refractivity contribution in [2.45, 2.75) is 5.51 Å². The lowest BCUT2D eigenvalue weighted by Crippen LogP contribution is -2.36. The fourth-order valence-electron chi connectivity index (χ4n) is 2.92. The molecule has 3 aromatic rings. The zero-order valence-electron chi connectivity index (χ0n) is 15.3. The number of anilines is 1. The quantitative estimate of drug-likeness (QED) is 0.452. The van der Waals surface area contributed by atoms with Crippen LogP contribution < -0.4 is 9.08 Å². The van der Waals surface area contributed by atoms with E-state index in [1.807, 2.05) is 4.90 Å². The summed E-state index contributed by atoms with van der Waals surface area (Å²) in [6.45, 7) is 2.57. The zero-order chi connectivity index (χ0) is 21.4. The number of ether oxygens (including phenoxy) is 1. The van der Waals surface area contributed by atoms with E-state index in [1.54, 1.807) is 12.1 Å². The van der Waals surface area contributed by atoms with Gasteiger partial charge in [0.25, 0.3) is 0 Å². The first-order valence-electron chi connectivity index (χ1n) is 8.80. The molecule has 0 spiro atoms. The van der Waals surface area contributed by atoms with E-state index in [4.69, 9.17) is 4.74 Å². The molecule has 0 unspecified atom stereocenters. The lowest BCUT2D eigenvalue weighted by Gasteiger charge is -2.27. The molecule has 8 nitrogen and oxygen atoms in total. The summed E-state index contributed by atoms with van der Waals surface area (Å²) in [6.07, 6.45) is 2.93. The average Bonchev–Trinajstić information content (AvgIpc) is 2.73. The molecule has 0 aromatic carbocycles. The largest absolute Gasteiger partial charge is 0.534 e. The number of aromatic nitrogens is 3. The maximum atomic E-state index is 12.8. The second kappa shape index (κ2) is 7.69. The fourth-order valence-corrected chi connectivity index (χ4v) is 3.35. The Hall–Kier alpha value is -2.99. The Morgan fingerprint density at radius 1 is 1.10 bits per heavy atom. The zero-order valence-corrected chi connectivity index (χ0v) is 16.2. The summed E-state index contributed by atoms with van der Waals surface area (Å²) < 4.78 is 71.0. The number of hydrogen-bond acceptors (Lipinski definition) is 8. The van der Waals surface area contributed by atoms with Crippen LogP contribution in [0.4, 0.5) is 19.0 Å². The first-order chi connectivity index (χ1) is 14.2. The molecule has 0 radical (unpaired) electrons. The Bertz CT molecular complexity index is 1160. The van der Waals surface area contributed by atoms with Gasteiger partial charge in [0.2, 0.25) is 5.88 Å². The SMILES string of the molecule is O=S(=O)(Oc1nc(-c2ccc(N3CCOCC3)nc2)cc2ncccc12)C(F)(F)F. The number of alkyl halides is 3. The van der Waals surface area contributed by atoms with Gasteiger partial charge >= 0.3 is 15.6 Å². The van der Waals surface area contributed by atoms with Crippen molar-refractivity contribution in [3.63, 3.8) is 0 Å². The highest BCUT2D eigenvalue weighted by atomic mass is 32.2. The van der Waals surface area contributed by atoms with Crippen molar-refractivity contribution in [3.05, 3.63) is 42.7 Å². The van der Waals surface area contributed by atoms with E-state index in [0.717, 1.165) is 5.82 Å². The minimum absolute atomic E-state index is 0.0342. The second-order valence-corrected chi connectivity index (χ2v) is 7.91. The fraction of sp³-hybridized carbons (Fsp3) is 0.278. The van der Waals surface area contributed by atoms with Gasteiger partial charge in [0, 0.05) is 31.0 Å². The number of nitrogens with zero attached hydrogens (tertiary/aromatic N) is 4. The second-order valence-electron chi connectivity index (χ2n) is 6.37. The number of hydrogen-bond donors (Lipinski definition) is 0. The number of rotatable bonds is 4. The third-order valence-electron chi connectivity index (χ3n) is 4.42. The summed E-state index contributed by atoms with van der Waals surface area (Å²) in [5, 5.41) is 0.0342. The highest BCUT2D eigenvalue weighted by Gasteiger charge is 2.49. The molecule has 1 saturated heterocycles. The number of morpholine rings is 1.